The first-order valence-corrected chi connectivity index (χ1v) is 4.70. The molecule has 1 N–H and O–H groups in total. The average Bonchev–Trinajstić information content (AvgIpc) is 2.32. The molecule has 0 fully saturated rings. The smallest absolute Gasteiger partial charge is 0.163 e. The SMILES string of the molecule is Cc1cc(F)c(NC(C#N)=C(C#N)C#N)c(F)c1. The minimum absolute atomic E-state index is 0.374. The van der Waals surface area contributed by atoms with Crippen molar-refractivity contribution in [2.75, 3.05) is 5.32 Å². The van der Waals surface area contributed by atoms with E-state index in [9.17, 15) is 8.78 Å². The van der Waals surface area contributed by atoms with Crippen LogP contribution in [0.5, 0.6) is 0 Å². The number of nitrogens with one attached hydrogen (secondary N) is 1. The summed E-state index contributed by atoms with van der Waals surface area (Å²) in [4.78, 5) is 0. The third-order valence-corrected chi connectivity index (χ3v) is 2.02. The Hall–Kier alpha value is -2.91. The van der Waals surface area contributed by atoms with Crippen molar-refractivity contribution in [1.29, 1.82) is 15.8 Å². The summed E-state index contributed by atoms with van der Waals surface area (Å²) in [7, 11) is 0. The number of hydrogen-bond donors (Lipinski definition) is 1. The third kappa shape index (κ3) is 2.61. The van der Waals surface area contributed by atoms with Crippen molar-refractivity contribution in [2.24, 2.45) is 0 Å². The molecule has 1 aromatic rings. The first-order valence-electron chi connectivity index (χ1n) is 4.70. The number of nitriles is 3. The fourth-order valence-electron chi connectivity index (χ4n) is 1.23. The summed E-state index contributed by atoms with van der Waals surface area (Å²) in [6, 6.07) is 6.57. The fourth-order valence-corrected chi connectivity index (χ4v) is 1.23. The lowest BCUT2D eigenvalue weighted by atomic mass is 10.2. The van der Waals surface area contributed by atoms with Crippen LogP contribution in [0.3, 0.4) is 0 Å². The maximum atomic E-state index is 13.5. The van der Waals surface area contributed by atoms with Crippen LogP contribution in [0.2, 0.25) is 0 Å². The van der Waals surface area contributed by atoms with Crippen LogP contribution < -0.4 is 5.32 Å². The molecule has 0 saturated heterocycles. The predicted octanol–water partition coefficient (Wildman–Crippen LogP) is 2.51. The summed E-state index contributed by atoms with van der Waals surface area (Å²) in [5, 5.41) is 28.0. The van der Waals surface area contributed by atoms with Gasteiger partial charge in [-0.25, -0.2) is 8.78 Å². The predicted molar refractivity (Wildman–Crippen MR) is 58.6 cm³/mol. The first kappa shape index (κ1) is 13.2. The van der Waals surface area contributed by atoms with E-state index < -0.39 is 28.6 Å². The zero-order chi connectivity index (χ0) is 13.7. The Balaban J connectivity index is 3.30. The van der Waals surface area contributed by atoms with E-state index in [0.29, 0.717) is 5.56 Å². The Morgan fingerprint density at radius 1 is 1.06 bits per heavy atom. The van der Waals surface area contributed by atoms with Crippen LogP contribution in [0.4, 0.5) is 14.5 Å². The molecule has 0 aliphatic heterocycles. The molecule has 0 unspecified atom stereocenters. The van der Waals surface area contributed by atoms with Crippen LogP contribution in [0.25, 0.3) is 0 Å². The van der Waals surface area contributed by atoms with E-state index in [1.807, 2.05) is 0 Å². The number of hydrogen-bond acceptors (Lipinski definition) is 4. The summed E-state index contributed by atoms with van der Waals surface area (Å²) in [5.41, 5.74) is -1.24. The maximum absolute atomic E-state index is 13.5. The molecule has 0 aromatic heterocycles. The monoisotopic (exact) mass is 244 g/mol. The Morgan fingerprint density at radius 2 is 1.56 bits per heavy atom. The second-order valence-corrected chi connectivity index (χ2v) is 3.31. The molecule has 1 aromatic carbocycles. The molecule has 0 spiro atoms. The Morgan fingerprint density at radius 3 is 1.94 bits per heavy atom. The molecule has 0 atom stereocenters. The van der Waals surface area contributed by atoms with Gasteiger partial charge in [0, 0.05) is 0 Å². The molecule has 1 rings (SSSR count). The highest BCUT2D eigenvalue weighted by Gasteiger charge is 2.14. The molecule has 0 aliphatic carbocycles. The summed E-state index contributed by atoms with van der Waals surface area (Å²) in [6.45, 7) is 1.51. The van der Waals surface area contributed by atoms with Gasteiger partial charge in [0.15, 0.2) is 5.57 Å². The molecule has 0 radical (unpaired) electrons. The maximum Gasteiger partial charge on any atom is 0.163 e. The summed E-state index contributed by atoms with van der Waals surface area (Å²) < 4.78 is 27.0. The van der Waals surface area contributed by atoms with Gasteiger partial charge >= 0.3 is 0 Å². The molecule has 0 bridgehead atoms. The molecule has 0 heterocycles. The van der Waals surface area contributed by atoms with Crippen molar-refractivity contribution in [1.82, 2.24) is 0 Å². The van der Waals surface area contributed by atoms with Crippen molar-refractivity contribution >= 4 is 5.69 Å². The lowest BCUT2D eigenvalue weighted by molar-refractivity contribution is 0.588. The fraction of sp³-hybridized carbons (Fsp3) is 0.0833. The lowest BCUT2D eigenvalue weighted by Crippen LogP contribution is -2.05. The molecular weight excluding hydrogens is 238 g/mol. The third-order valence-electron chi connectivity index (χ3n) is 2.02. The Kier molecular flexibility index (Phi) is 3.97. The topological polar surface area (TPSA) is 83.4 Å². The Bertz CT molecular complexity index is 603. The van der Waals surface area contributed by atoms with E-state index in [2.05, 4.69) is 5.32 Å². The number of nitrogens with zero attached hydrogens (tertiary/aromatic N) is 3. The highest BCUT2D eigenvalue weighted by atomic mass is 19.1. The van der Waals surface area contributed by atoms with Gasteiger partial charge in [-0.05, 0) is 24.6 Å². The molecule has 0 aliphatic rings. The van der Waals surface area contributed by atoms with Crippen LogP contribution in [-0.2, 0) is 0 Å². The highest BCUT2D eigenvalue weighted by Crippen LogP contribution is 2.22. The van der Waals surface area contributed by atoms with Gasteiger partial charge in [-0.2, -0.15) is 15.8 Å². The van der Waals surface area contributed by atoms with E-state index in [1.54, 1.807) is 0 Å². The number of anilines is 1. The van der Waals surface area contributed by atoms with Crippen LogP contribution in [0, 0.1) is 52.6 Å². The zero-order valence-electron chi connectivity index (χ0n) is 9.25. The minimum atomic E-state index is -0.907. The van der Waals surface area contributed by atoms with Gasteiger partial charge in [-0.15, -0.1) is 0 Å². The van der Waals surface area contributed by atoms with Crippen LogP contribution in [-0.4, -0.2) is 0 Å². The van der Waals surface area contributed by atoms with E-state index in [4.69, 9.17) is 15.8 Å². The van der Waals surface area contributed by atoms with Crippen molar-refractivity contribution in [3.8, 4) is 18.2 Å². The van der Waals surface area contributed by atoms with Crippen LogP contribution in [0.1, 0.15) is 5.56 Å². The van der Waals surface area contributed by atoms with Gasteiger partial charge in [-0.3, -0.25) is 0 Å². The average molecular weight is 244 g/mol. The number of rotatable bonds is 2. The van der Waals surface area contributed by atoms with Crippen molar-refractivity contribution in [3.05, 3.63) is 40.6 Å². The van der Waals surface area contributed by atoms with E-state index in [0.717, 1.165) is 12.1 Å². The minimum Gasteiger partial charge on any atom is -0.340 e. The molecule has 0 amide bonds. The number of allylic oxidation sites excluding steroid dienone is 2. The number of aryl methyl sites for hydroxylation is 1. The largest absolute Gasteiger partial charge is 0.340 e. The van der Waals surface area contributed by atoms with Crippen LogP contribution >= 0.6 is 0 Å². The highest BCUT2D eigenvalue weighted by molar-refractivity contribution is 5.59. The molecule has 4 nitrogen and oxygen atoms in total. The van der Waals surface area contributed by atoms with Gasteiger partial charge < -0.3 is 5.32 Å². The van der Waals surface area contributed by atoms with E-state index >= 15 is 0 Å². The molecule has 18 heavy (non-hydrogen) atoms. The van der Waals surface area contributed by atoms with Gasteiger partial charge in [0.25, 0.3) is 0 Å². The second kappa shape index (κ2) is 5.43. The molecule has 88 valence electrons. The van der Waals surface area contributed by atoms with Gasteiger partial charge in [-0.1, -0.05) is 0 Å². The number of halogens is 2. The molecule has 0 saturated carbocycles. The van der Waals surface area contributed by atoms with Gasteiger partial charge in [0.05, 0.1) is 0 Å². The standard InChI is InChI=1S/C12H6F2N4/c1-7-2-9(13)12(10(14)3-7)18-11(6-17)8(4-15)5-16/h2-3,18H,1H3. The van der Waals surface area contributed by atoms with E-state index in [-0.39, 0.29) is 0 Å². The Labute approximate surface area is 102 Å². The van der Waals surface area contributed by atoms with Crippen molar-refractivity contribution in [2.45, 2.75) is 6.92 Å². The summed E-state index contributed by atoms with van der Waals surface area (Å²) >= 11 is 0. The first-order chi connectivity index (χ1) is 8.53. The van der Waals surface area contributed by atoms with Gasteiger partial charge in [0.2, 0.25) is 0 Å². The zero-order valence-corrected chi connectivity index (χ0v) is 9.25. The summed E-state index contributed by atoms with van der Waals surface area (Å²) in [5.74, 6) is -1.81. The van der Waals surface area contributed by atoms with Crippen molar-refractivity contribution in [3.63, 3.8) is 0 Å². The van der Waals surface area contributed by atoms with E-state index in [1.165, 1.54) is 25.1 Å². The van der Waals surface area contributed by atoms with Crippen LogP contribution in [0.15, 0.2) is 23.4 Å². The second-order valence-electron chi connectivity index (χ2n) is 3.31. The summed E-state index contributed by atoms with van der Waals surface area (Å²) in [6.07, 6.45) is 0. The molecule has 6 heteroatoms. The van der Waals surface area contributed by atoms with Crippen molar-refractivity contribution < 1.29 is 8.78 Å². The quantitative estimate of drug-likeness (QED) is 0.810. The normalized spacial score (nSPS) is 8.67. The van der Waals surface area contributed by atoms with Gasteiger partial charge in [0.1, 0.15) is 41.2 Å². The lowest BCUT2D eigenvalue weighted by Gasteiger charge is -2.08. The number of benzene rings is 1. The molecular formula is C12H6F2N4.